The third-order valence-electron chi connectivity index (χ3n) is 7.78. The van der Waals surface area contributed by atoms with Gasteiger partial charge in [-0.2, -0.15) is 13.9 Å². The van der Waals surface area contributed by atoms with Gasteiger partial charge in [0.05, 0.1) is 40.5 Å². The Morgan fingerprint density at radius 2 is 1.92 bits per heavy atom. The molecule has 0 bridgehead atoms. The van der Waals surface area contributed by atoms with E-state index >= 15 is 8.78 Å². The van der Waals surface area contributed by atoms with Gasteiger partial charge in [-0.05, 0) is 42.3 Å². The Hall–Kier alpha value is -5.22. The van der Waals surface area contributed by atoms with Crippen LogP contribution in [0.5, 0.6) is 5.88 Å². The summed E-state index contributed by atoms with van der Waals surface area (Å²) in [6.07, 6.45) is 4.35. The van der Waals surface area contributed by atoms with E-state index in [0.29, 0.717) is 26.7 Å². The number of benzene rings is 2. The SMILES string of the molecule is O=C(O)c1cc(F)c2nc(Cc3cc(F)c(-c4cccc(OCc5ncc(-c6cnn(C(F)F)c6)s5)n4)cc3F)n(C[C@@H]3CCO3)c2c1. The van der Waals surface area contributed by atoms with Gasteiger partial charge >= 0.3 is 12.5 Å². The van der Waals surface area contributed by atoms with Crippen LogP contribution in [0.15, 0.2) is 61.1 Å². The Labute approximate surface area is 272 Å². The Morgan fingerprint density at radius 1 is 1.08 bits per heavy atom. The number of carbonyl (C=O) groups is 1. The highest BCUT2D eigenvalue weighted by Crippen LogP contribution is 2.31. The van der Waals surface area contributed by atoms with Crippen molar-refractivity contribution in [2.75, 3.05) is 6.61 Å². The molecule has 7 rings (SSSR count). The molecule has 1 saturated heterocycles. The summed E-state index contributed by atoms with van der Waals surface area (Å²) >= 11 is 1.22. The van der Waals surface area contributed by atoms with Crippen LogP contribution >= 0.6 is 11.3 Å². The summed E-state index contributed by atoms with van der Waals surface area (Å²) in [7, 11) is 0. The minimum Gasteiger partial charge on any atom is -0.478 e. The van der Waals surface area contributed by atoms with E-state index in [2.05, 4.69) is 20.1 Å². The fourth-order valence-corrected chi connectivity index (χ4v) is 6.08. The topological polar surface area (TPSA) is 117 Å². The van der Waals surface area contributed by atoms with Crippen molar-refractivity contribution in [3.63, 3.8) is 0 Å². The fourth-order valence-electron chi connectivity index (χ4n) is 5.28. The molecule has 2 aromatic carbocycles. The highest BCUT2D eigenvalue weighted by molar-refractivity contribution is 7.15. The number of thiazole rings is 1. The van der Waals surface area contributed by atoms with Gasteiger partial charge in [-0.1, -0.05) is 6.07 Å². The van der Waals surface area contributed by atoms with Crippen LogP contribution in [-0.4, -0.2) is 53.1 Å². The molecule has 0 spiro atoms. The Bertz CT molecular complexity index is 2160. The third-order valence-corrected chi connectivity index (χ3v) is 8.80. The number of rotatable bonds is 11. The number of ether oxygens (including phenoxy) is 2. The number of imidazole rings is 1. The summed E-state index contributed by atoms with van der Waals surface area (Å²) in [6.45, 7) is -1.99. The lowest BCUT2D eigenvalue weighted by molar-refractivity contribution is -0.0589. The second kappa shape index (κ2) is 12.8. The first kappa shape index (κ1) is 31.4. The minimum absolute atomic E-state index is 0.0126. The number of fused-ring (bicyclic) bond motifs is 1. The monoisotopic (exact) mass is 682 g/mol. The molecule has 1 N–H and O–H groups in total. The maximum atomic E-state index is 15.5. The molecule has 1 aliphatic heterocycles. The van der Waals surface area contributed by atoms with Crippen molar-refractivity contribution in [3.05, 3.63) is 100 Å². The molecule has 0 aliphatic carbocycles. The van der Waals surface area contributed by atoms with Gasteiger partial charge in [-0.25, -0.2) is 37.6 Å². The zero-order chi connectivity index (χ0) is 33.5. The first-order chi connectivity index (χ1) is 23.1. The van der Waals surface area contributed by atoms with Crippen molar-refractivity contribution >= 4 is 28.3 Å². The molecule has 0 unspecified atom stereocenters. The predicted molar refractivity (Wildman–Crippen MR) is 162 cm³/mol. The van der Waals surface area contributed by atoms with Crippen LogP contribution < -0.4 is 4.74 Å². The number of halogens is 5. The fraction of sp³-hybridized carbons (Fsp3) is 0.219. The first-order valence-electron chi connectivity index (χ1n) is 14.5. The van der Waals surface area contributed by atoms with Crippen LogP contribution in [0.2, 0.25) is 0 Å². The molecule has 246 valence electrons. The van der Waals surface area contributed by atoms with Crippen LogP contribution in [0, 0.1) is 17.5 Å². The van der Waals surface area contributed by atoms with E-state index in [1.807, 2.05) is 0 Å². The second-order valence-electron chi connectivity index (χ2n) is 10.9. The van der Waals surface area contributed by atoms with E-state index in [4.69, 9.17) is 9.47 Å². The van der Waals surface area contributed by atoms with Gasteiger partial charge in [0, 0.05) is 42.6 Å². The van der Waals surface area contributed by atoms with E-state index in [0.717, 1.165) is 24.6 Å². The largest absolute Gasteiger partial charge is 0.478 e. The number of carboxylic acid groups (broad SMARTS) is 1. The number of hydrogen-bond acceptors (Lipinski definition) is 8. The van der Waals surface area contributed by atoms with Crippen molar-refractivity contribution in [3.8, 4) is 27.6 Å². The Morgan fingerprint density at radius 3 is 2.65 bits per heavy atom. The number of alkyl halides is 2. The van der Waals surface area contributed by atoms with Crippen LogP contribution in [0.3, 0.4) is 0 Å². The van der Waals surface area contributed by atoms with Gasteiger partial charge in [0.25, 0.3) is 0 Å². The maximum absolute atomic E-state index is 15.5. The molecule has 4 aromatic heterocycles. The van der Waals surface area contributed by atoms with Crippen molar-refractivity contribution in [2.45, 2.75) is 38.6 Å². The molecule has 16 heteroatoms. The molecule has 48 heavy (non-hydrogen) atoms. The number of pyridine rings is 1. The lowest BCUT2D eigenvalue weighted by atomic mass is 10.0. The zero-order valence-electron chi connectivity index (χ0n) is 24.6. The minimum atomic E-state index is -2.76. The Kier molecular flexibility index (Phi) is 8.35. The van der Waals surface area contributed by atoms with Crippen LogP contribution in [-0.2, 0) is 24.3 Å². The van der Waals surface area contributed by atoms with Crippen LogP contribution in [0.4, 0.5) is 22.0 Å². The Balaban J connectivity index is 1.11. The number of nitrogens with zero attached hydrogens (tertiary/aromatic N) is 6. The summed E-state index contributed by atoms with van der Waals surface area (Å²) in [6, 6.07) is 8.81. The highest BCUT2D eigenvalue weighted by atomic mass is 32.1. The van der Waals surface area contributed by atoms with E-state index in [9.17, 15) is 23.1 Å². The van der Waals surface area contributed by atoms with Gasteiger partial charge in [-0.15, -0.1) is 11.3 Å². The quantitative estimate of drug-likeness (QED) is 0.147. The predicted octanol–water partition coefficient (Wildman–Crippen LogP) is 6.89. The van der Waals surface area contributed by atoms with E-state index in [1.54, 1.807) is 16.7 Å². The molecule has 0 radical (unpaired) electrons. The van der Waals surface area contributed by atoms with Crippen LogP contribution in [0.25, 0.3) is 32.7 Å². The standard InChI is InChI=1S/C32H23F5N6O4S/c33-21-10-20(24-2-1-3-28(40-24)47-15-29-38-12-26(48-29)18-11-39-43(13-18)32(36)37)22(34)6-16(21)9-27-41-30-23(35)7-17(31(44)45)8-25(30)42(27)14-19-4-5-46-19/h1-3,6-8,10-13,19,32H,4-5,9,14-15H2,(H,44,45)/t19-/m0/s1. The molecule has 1 atom stereocenters. The van der Waals surface area contributed by atoms with Crippen LogP contribution in [0.1, 0.15) is 39.7 Å². The smallest absolute Gasteiger partial charge is 0.335 e. The van der Waals surface area contributed by atoms with E-state index < -0.39 is 30.0 Å². The number of aromatic carboxylic acids is 1. The van der Waals surface area contributed by atoms with E-state index in [1.165, 1.54) is 42.1 Å². The summed E-state index contributed by atoms with van der Waals surface area (Å²) in [5.74, 6) is -3.34. The lowest BCUT2D eigenvalue weighted by Crippen LogP contribution is -2.31. The number of carboxylic acids is 1. The molecule has 10 nitrogen and oxygen atoms in total. The normalized spacial score (nSPS) is 14.5. The molecule has 1 fully saturated rings. The molecule has 1 aliphatic rings. The van der Waals surface area contributed by atoms with Gasteiger partial charge < -0.3 is 19.1 Å². The molecular formula is C32H23F5N6O4S. The van der Waals surface area contributed by atoms with E-state index in [-0.39, 0.29) is 70.8 Å². The van der Waals surface area contributed by atoms with Crippen molar-refractivity contribution in [1.82, 2.24) is 29.3 Å². The number of aromatic nitrogens is 6. The molecular weight excluding hydrogens is 659 g/mol. The highest BCUT2D eigenvalue weighted by Gasteiger charge is 2.25. The average Bonchev–Trinajstić information content (AvgIpc) is 3.79. The third kappa shape index (κ3) is 6.23. The molecule has 6 aromatic rings. The average molecular weight is 683 g/mol. The first-order valence-corrected chi connectivity index (χ1v) is 15.3. The molecule has 5 heterocycles. The summed E-state index contributed by atoms with van der Waals surface area (Å²) in [5, 5.41) is 13.6. The van der Waals surface area contributed by atoms with Crippen molar-refractivity contribution in [1.29, 1.82) is 0 Å². The lowest BCUT2D eigenvalue weighted by Gasteiger charge is -2.27. The molecule has 0 amide bonds. The zero-order valence-corrected chi connectivity index (χ0v) is 25.4. The summed E-state index contributed by atoms with van der Waals surface area (Å²) in [4.78, 5) is 25.1. The summed E-state index contributed by atoms with van der Waals surface area (Å²) < 4.78 is 85.0. The maximum Gasteiger partial charge on any atom is 0.335 e. The van der Waals surface area contributed by atoms with Gasteiger partial charge in [0.1, 0.15) is 34.6 Å². The number of hydrogen-bond donors (Lipinski definition) is 1. The van der Waals surface area contributed by atoms with Gasteiger partial charge in [0.15, 0.2) is 5.82 Å². The second-order valence-corrected chi connectivity index (χ2v) is 12.0. The van der Waals surface area contributed by atoms with Crippen molar-refractivity contribution < 1.29 is 41.3 Å². The molecule has 0 saturated carbocycles. The van der Waals surface area contributed by atoms with Crippen molar-refractivity contribution in [2.24, 2.45) is 0 Å². The van der Waals surface area contributed by atoms with Gasteiger partial charge in [0.2, 0.25) is 5.88 Å². The summed E-state index contributed by atoms with van der Waals surface area (Å²) in [5.41, 5.74) is 0.281. The van der Waals surface area contributed by atoms with Gasteiger partial charge in [-0.3, -0.25) is 0 Å².